The van der Waals surface area contributed by atoms with Gasteiger partial charge in [-0.2, -0.15) is 0 Å². The highest BCUT2D eigenvalue weighted by molar-refractivity contribution is 5.69. The lowest BCUT2D eigenvalue weighted by molar-refractivity contribution is 0.0669. The second-order valence-electron chi connectivity index (χ2n) is 4.06. The van der Waals surface area contributed by atoms with Crippen molar-refractivity contribution in [3.8, 4) is 0 Å². The van der Waals surface area contributed by atoms with Crippen LogP contribution in [0.4, 0.5) is 10.5 Å². The zero-order chi connectivity index (χ0) is 10.5. The first-order chi connectivity index (χ1) is 7.21. The van der Waals surface area contributed by atoms with Crippen molar-refractivity contribution in [2.24, 2.45) is 0 Å². The van der Waals surface area contributed by atoms with Gasteiger partial charge in [0.2, 0.25) is 0 Å². The molecule has 1 aromatic rings. The topological polar surface area (TPSA) is 78.4 Å². The van der Waals surface area contributed by atoms with Crippen LogP contribution < -0.4 is 5.32 Å². The molecule has 0 aliphatic carbocycles. The molecule has 6 nitrogen and oxygen atoms in total. The third-order valence-electron chi connectivity index (χ3n) is 3.09. The van der Waals surface area contributed by atoms with Crippen LogP contribution in [0.15, 0.2) is 12.5 Å². The number of likely N-dealkylation sites (tertiary alicyclic amines) is 1. The Balaban J connectivity index is 1.90. The van der Waals surface area contributed by atoms with Gasteiger partial charge in [-0.05, 0) is 0 Å². The molecule has 3 rings (SSSR count). The van der Waals surface area contributed by atoms with Gasteiger partial charge in [0.25, 0.3) is 0 Å². The average Bonchev–Trinajstić information content (AvgIpc) is 2.54. The Hall–Kier alpha value is -1.85. The second-order valence-corrected chi connectivity index (χ2v) is 4.06. The minimum Gasteiger partial charge on any atom is -0.465 e. The van der Waals surface area contributed by atoms with Gasteiger partial charge in [-0.15, -0.1) is 0 Å². The number of carboxylic acid groups (broad SMARTS) is 1. The molecule has 0 bridgehead atoms. The summed E-state index contributed by atoms with van der Waals surface area (Å²) in [4.78, 5) is 20.3. The monoisotopic (exact) mass is 206 g/mol. The number of hydrogen-bond donors (Lipinski definition) is 2. The van der Waals surface area contributed by atoms with Gasteiger partial charge in [0.15, 0.2) is 0 Å². The maximum atomic E-state index is 10.7. The fraction of sp³-hybridized carbons (Fsp3) is 0.444. The molecule has 0 aromatic carbocycles. The van der Waals surface area contributed by atoms with Gasteiger partial charge in [0.05, 0.1) is 23.0 Å². The summed E-state index contributed by atoms with van der Waals surface area (Å²) in [7, 11) is 0. The van der Waals surface area contributed by atoms with E-state index in [4.69, 9.17) is 5.11 Å². The Morgan fingerprint density at radius 1 is 1.60 bits per heavy atom. The standard InChI is InChI=1S/C9H10N4O2/c14-8(15)13-3-9(4-13)2-11-6-1-10-5-12-7(6)9/h1,5,11H,2-4H2,(H,14,15). The van der Waals surface area contributed by atoms with Crippen molar-refractivity contribution in [2.75, 3.05) is 25.0 Å². The van der Waals surface area contributed by atoms with E-state index in [-0.39, 0.29) is 5.41 Å². The molecule has 6 heteroatoms. The van der Waals surface area contributed by atoms with E-state index in [2.05, 4.69) is 15.3 Å². The third kappa shape index (κ3) is 1.01. The van der Waals surface area contributed by atoms with E-state index in [0.29, 0.717) is 13.1 Å². The fourth-order valence-corrected chi connectivity index (χ4v) is 2.31. The number of hydrogen-bond acceptors (Lipinski definition) is 4. The molecule has 2 aliphatic heterocycles. The number of amides is 1. The number of nitrogens with zero attached hydrogens (tertiary/aromatic N) is 3. The van der Waals surface area contributed by atoms with Crippen LogP contribution in [0, 0.1) is 0 Å². The number of anilines is 1. The smallest absolute Gasteiger partial charge is 0.407 e. The van der Waals surface area contributed by atoms with Gasteiger partial charge in [-0.25, -0.2) is 14.8 Å². The highest BCUT2D eigenvalue weighted by Gasteiger charge is 2.51. The molecule has 0 radical (unpaired) electrons. The minimum absolute atomic E-state index is 0.114. The van der Waals surface area contributed by atoms with Crippen molar-refractivity contribution in [3.05, 3.63) is 18.2 Å². The zero-order valence-electron chi connectivity index (χ0n) is 7.97. The summed E-state index contributed by atoms with van der Waals surface area (Å²) in [6.45, 7) is 1.81. The highest BCUT2D eigenvalue weighted by atomic mass is 16.4. The molecule has 0 saturated carbocycles. The van der Waals surface area contributed by atoms with Crippen molar-refractivity contribution in [1.29, 1.82) is 0 Å². The van der Waals surface area contributed by atoms with Gasteiger partial charge >= 0.3 is 6.09 Å². The SMILES string of the molecule is O=C(O)N1CC2(CNc3cncnc32)C1. The van der Waals surface area contributed by atoms with Crippen molar-refractivity contribution in [2.45, 2.75) is 5.41 Å². The Morgan fingerprint density at radius 2 is 2.40 bits per heavy atom. The first-order valence-electron chi connectivity index (χ1n) is 4.73. The predicted octanol–water partition coefficient (Wildman–Crippen LogP) is 0.134. The maximum absolute atomic E-state index is 10.7. The van der Waals surface area contributed by atoms with Crippen LogP contribution in [-0.2, 0) is 5.41 Å². The summed E-state index contributed by atoms with van der Waals surface area (Å²) >= 11 is 0. The van der Waals surface area contributed by atoms with E-state index in [9.17, 15) is 4.79 Å². The number of rotatable bonds is 0. The first-order valence-corrected chi connectivity index (χ1v) is 4.73. The van der Waals surface area contributed by atoms with E-state index >= 15 is 0 Å². The Morgan fingerprint density at radius 3 is 3.13 bits per heavy atom. The summed E-state index contributed by atoms with van der Waals surface area (Å²) in [6.07, 6.45) is 2.39. The molecular weight excluding hydrogens is 196 g/mol. The quantitative estimate of drug-likeness (QED) is 0.631. The van der Waals surface area contributed by atoms with Crippen molar-refractivity contribution in [3.63, 3.8) is 0 Å². The molecule has 1 aromatic heterocycles. The number of fused-ring (bicyclic) bond motifs is 2. The van der Waals surface area contributed by atoms with E-state index in [1.165, 1.54) is 11.2 Å². The van der Waals surface area contributed by atoms with E-state index in [0.717, 1.165) is 17.9 Å². The average molecular weight is 206 g/mol. The lowest BCUT2D eigenvalue weighted by Gasteiger charge is -2.45. The van der Waals surface area contributed by atoms with Gasteiger partial charge < -0.3 is 15.3 Å². The molecule has 78 valence electrons. The minimum atomic E-state index is -0.858. The molecular formula is C9H10N4O2. The molecule has 1 saturated heterocycles. The van der Waals surface area contributed by atoms with Gasteiger partial charge in [-0.3, -0.25) is 0 Å². The zero-order valence-corrected chi connectivity index (χ0v) is 7.97. The molecule has 0 atom stereocenters. The number of aromatic nitrogens is 2. The van der Waals surface area contributed by atoms with Crippen LogP contribution in [0.3, 0.4) is 0 Å². The van der Waals surface area contributed by atoms with Gasteiger partial charge in [0, 0.05) is 19.6 Å². The lowest BCUT2D eigenvalue weighted by Crippen LogP contribution is -2.62. The fourth-order valence-electron chi connectivity index (χ4n) is 2.31. The van der Waals surface area contributed by atoms with Crippen molar-refractivity contribution in [1.82, 2.24) is 14.9 Å². The molecule has 1 fully saturated rings. The predicted molar refractivity (Wildman–Crippen MR) is 51.8 cm³/mol. The molecule has 3 heterocycles. The van der Waals surface area contributed by atoms with Crippen LogP contribution in [-0.4, -0.2) is 45.7 Å². The molecule has 2 N–H and O–H groups in total. The molecule has 1 amide bonds. The van der Waals surface area contributed by atoms with Crippen LogP contribution >= 0.6 is 0 Å². The summed E-state index contributed by atoms with van der Waals surface area (Å²) in [6, 6.07) is 0. The first kappa shape index (κ1) is 8.46. The van der Waals surface area contributed by atoms with Crippen LogP contribution in [0.5, 0.6) is 0 Å². The largest absolute Gasteiger partial charge is 0.465 e. The van der Waals surface area contributed by atoms with Gasteiger partial charge in [-0.1, -0.05) is 0 Å². The van der Waals surface area contributed by atoms with Crippen LogP contribution in [0.2, 0.25) is 0 Å². The summed E-state index contributed by atoms with van der Waals surface area (Å²) in [5, 5.41) is 12.0. The van der Waals surface area contributed by atoms with E-state index in [1.54, 1.807) is 6.20 Å². The van der Waals surface area contributed by atoms with Crippen molar-refractivity contribution >= 4 is 11.8 Å². The molecule has 15 heavy (non-hydrogen) atoms. The Labute approximate surface area is 85.9 Å². The summed E-state index contributed by atoms with van der Waals surface area (Å²) in [5.74, 6) is 0. The Bertz CT molecular complexity index is 428. The van der Waals surface area contributed by atoms with Crippen LogP contribution in [0.1, 0.15) is 5.69 Å². The number of nitrogens with one attached hydrogen (secondary N) is 1. The summed E-state index contributed by atoms with van der Waals surface area (Å²) < 4.78 is 0. The van der Waals surface area contributed by atoms with E-state index in [1.807, 2.05) is 0 Å². The molecule has 1 spiro atoms. The second kappa shape index (κ2) is 2.59. The number of carbonyl (C=O) groups is 1. The molecule has 0 unspecified atom stereocenters. The maximum Gasteiger partial charge on any atom is 0.407 e. The van der Waals surface area contributed by atoms with Crippen LogP contribution in [0.25, 0.3) is 0 Å². The van der Waals surface area contributed by atoms with Gasteiger partial charge in [0.1, 0.15) is 6.33 Å². The lowest BCUT2D eigenvalue weighted by atomic mass is 9.78. The normalized spacial score (nSPS) is 20.7. The highest BCUT2D eigenvalue weighted by Crippen LogP contribution is 2.41. The summed E-state index contributed by atoms with van der Waals surface area (Å²) in [5.41, 5.74) is 1.77. The molecule has 2 aliphatic rings. The van der Waals surface area contributed by atoms with Crippen molar-refractivity contribution < 1.29 is 9.90 Å². The van der Waals surface area contributed by atoms with E-state index < -0.39 is 6.09 Å². The third-order valence-corrected chi connectivity index (χ3v) is 3.09. The Kier molecular flexibility index (Phi) is 1.46.